The number of hydrogen-bond acceptors (Lipinski definition) is 5. The van der Waals surface area contributed by atoms with Crippen LogP contribution in [-0.2, 0) is 13.2 Å². The number of benzene rings is 3. The molecule has 1 saturated carbocycles. The zero-order chi connectivity index (χ0) is 31.7. The molecule has 2 heterocycles. The Balaban J connectivity index is 1.43. The number of likely N-dealkylation sites (N-methyl/N-ethyl adjacent to an activating group) is 1. The van der Waals surface area contributed by atoms with Crippen molar-refractivity contribution in [3.63, 3.8) is 0 Å². The average Bonchev–Trinajstić information content (AvgIpc) is 3.27. The van der Waals surface area contributed by atoms with Gasteiger partial charge >= 0.3 is 5.97 Å². The van der Waals surface area contributed by atoms with Gasteiger partial charge in [0.2, 0.25) is 0 Å². The third kappa shape index (κ3) is 6.29. The summed E-state index contributed by atoms with van der Waals surface area (Å²) in [6.45, 7) is 3.70. The van der Waals surface area contributed by atoms with Crippen LogP contribution in [0.1, 0.15) is 69.9 Å². The minimum Gasteiger partial charge on any atom is -0.489 e. The molecule has 4 aromatic rings. The van der Waals surface area contributed by atoms with Crippen LogP contribution in [0.4, 0.5) is 5.69 Å². The van der Waals surface area contributed by atoms with Crippen molar-refractivity contribution in [1.29, 1.82) is 0 Å². The van der Waals surface area contributed by atoms with E-state index in [9.17, 15) is 14.7 Å². The highest BCUT2D eigenvalue weighted by molar-refractivity contribution is 6.00. The number of hydrogen-bond donors (Lipinski definition) is 1. The quantitative estimate of drug-likeness (QED) is 0.227. The van der Waals surface area contributed by atoms with E-state index in [2.05, 4.69) is 46.7 Å². The number of aromatic carboxylic acids is 1. The summed E-state index contributed by atoms with van der Waals surface area (Å²) in [5.41, 5.74) is 7.83. The van der Waals surface area contributed by atoms with Gasteiger partial charge in [0, 0.05) is 74.1 Å². The van der Waals surface area contributed by atoms with Gasteiger partial charge in [0.15, 0.2) is 0 Å². The fraction of sp³-hybridized carbons (Fsp3) is 0.405. The number of fused-ring (bicyclic) bond motifs is 5. The van der Waals surface area contributed by atoms with Crippen molar-refractivity contribution < 1.29 is 19.4 Å². The van der Waals surface area contributed by atoms with E-state index in [0.29, 0.717) is 23.7 Å². The van der Waals surface area contributed by atoms with Gasteiger partial charge in [-0.25, -0.2) is 4.79 Å². The SMILES string of the molecule is CN(C)CCN1CCn2c(c(C3CCCCC3)c3ccc(C(=O)O)cc32)-c2ccc(OCc3cccc(C(=O)N(C)C)c3)cc21. The molecule has 0 radical (unpaired) electrons. The van der Waals surface area contributed by atoms with E-state index in [1.165, 1.54) is 41.5 Å². The van der Waals surface area contributed by atoms with Gasteiger partial charge in [0.25, 0.3) is 5.91 Å². The van der Waals surface area contributed by atoms with Crippen molar-refractivity contribution in [3.8, 4) is 17.0 Å². The van der Waals surface area contributed by atoms with Gasteiger partial charge in [-0.3, -0.25) is 4.79 Å². The second-order valence-corrected chi connectivity index (χ2v) is 12.9. The number of ether oxygens (including phenoxy) is 1. The van der Waals surface area contributed by atoms with Crippen LogP contribution < -0.4 is 9.64 Å². The van der Waals surface area contributed by atoms with Crippen molar-refractivity contribution in [2.45, 2.75) is 51.2 Å². The van der Waals surface area contributed by atoms with Crippen LogP contribution >= 0.6 is 0 Å². The number of aromatic nitrogens is 1. The Labute approximate surface area is 265 Å². The Morgan fingerprint density at radius 1 is 0.911 bits per heavy atom. The van der Waals surface area contributed by atoms with E-state index in [1.54, 1.807) is 25.1 Å². The van der Waals surface area contributed by atoms with Crippen molar-refractivity contribution in [1.82, 2.24) is 14.4 Å². The Bertz CT molecular complexity index is 1720. The minimum atomic E-state index is -0.897. The van der Waals surface area contributed by atoms with E-state index in [-0.39, 0.29) is 5.91 Å². The van der Waals surface area contributed by atoms with E-state index >= 15 is 0 Å². The first-order valence-electron chi connectivity index (χ1n) is 16.1. The fourth-order valence-electron chi connectivity index (χ4n) is 7.01. The summed E-state index contributed by atoms with van der Waals surface area (Å²) in [6.07, 6.45) is 6.03. The predicted octanol–water partition coefficient (Wildman–Crippen LogP) is 6.72. The minimum absolute atomic E-state index is 0.0296. The highest BCUT2D eigenvalue weighted by Gasteiger charge is 2.31. The van der Waals surface area contributed by atoms with Gasteiger partial charge in [-0.05, 0) is 80.4 Å². The maximum absolute atomic E-state index is 12.5. The number of rotatable bonds is 9. The number of amides is 1. The van der Waals surface area contributed by atoms with Gasteiger partial charge in [-0.2, -0.15) is 0 Å². The molecular formula is C37H44N4O4. The molecule has 8 nitrogen and oxygen atoms in total. The number of carboxylic acids is 1. The lowest BCUT2D eigenvalue weighted by molar-refractivity contribution is 0.0696. The summed E-state index contributed by atoms with van der Waals surface area (Å²) in [5.74, 6) is 0.303. The molecule has 1 aromatic heterocycles. The normalized spacial score (nSPS) is 15.1. The highest BCUT2D eigenvalue weighted by Crippen LogP contribution is 2.48. The molecule has 1 aliphatic carbocycles. The topological polar surface area (TPSA) is 78.2 Å². The molecule has 1 aliphatic heterocycles. The summed E-state index contributed by atoms with van der Waals surface area (Å²) < 4.78 is 8.75. The van der Waals surface area contributed by atoms with E-state index in [1.807, 2.05) is 36.4 Å². The van der Waals surface area contributed by atoms with Gasteiger partial charge in [0.1, 0.15) is 12.4 Å². The van der Waals surface area contributed by atoms with Crippen LogP contribution in [0.2, 0.25) is 0 Å². The Kier molecular flexibility index (Phi) is 8.85. The molecule has 45 heavy (non-hydrogen) atoms. The molecule has 0 unspecified atom stereocenters. The van der Waals surface area contributed by atoms with Crippen molar-refractivity contribution in [2.75, 3.05) is 52.7 Å². The molecule has 0 bridgehead atoms. The molecular weight excluding hydrogens is 564 g/mol. The van der Waals surface area contributed by atoms with Gasteiger partial charge < -0.3 is 29.1 Å². The van der Waals surface area contributed by atoms with Gasteiger partial charge in [0.05, 0.1) is 11.3 Å². The van der Waals surface area contributed by atoms with Crippen LogP contribution in [0.3, 0.4) is 0 Å². The number of carboxylic acid groups (broad SMARTS) is 1. The zero-order valence-corrected chi connectivity index (χ0v) is 26.9. The highest BCUT2D eigenvalue weighted by atomic mass is 16.5. The first-order chi connectivity index (χ1) is 21.7. The van der Waals surface area contributed by atoms with E-state index in [4.69, 9.17) is 4.74 Å². The molecule has 8 heteroatoms. The summed E-state index contributed by atoms with van der Waals surface area (Å²) in [7, 11) is 7.71. The Morgan fingerprint density at radius 3 is 2.44 bits per heavy atom. The predicted molar refractivity (Wildman–Crippen MR) is 180 cm³/mol. The zero-order valence-electron chi connectivity index (χ0n) is 26.9. The molecule has 0 saturated heterocycles. The summed E-state index contributed by atoms with van der Waals surface area (Å²) in [6, 6.07) is 19.7. The lowest BCUT2D eigenvalue weighted by atomic mass is 9.81. The van der Waals surface area contributed by atoms with Crippen LogP contribution in [-0.4, -0.2) is 79.2 Å². The van der Waals surface area contributed by atoms with Gasteiger partial charge in [-0.1, -0.05) is 37.5 Å². The third-order valence-corrected chi connectivity index (χ3v) is 9.33. The average molecular weight is 609 g/mol. The summed E-state index contributed by atoms with van der Waals surface area (Å²) >= 11 is 0. The molecule has 3 aromatic carbocycles. The van der Waals surface area contributed by atoms with Crippen LogP contribution in [0.15, 0.2) is 60.7 Å². The first-order valence-corrected chi connectivity index (χ1v) is 16.1. The van der Waals surface area contributed by atoms with Crippen LogP contribution in [0, 0.1) is 0 Å². The van der Waals surface area contributed by atoms with Crippen molar-refractivity contribution in [3.05, 3.63) is 82.9 Å². The number of carbonyl (C=O) groups is 2. The molecule has 1 amide bonds. The van der Waals surface area contributed by atoms with E-state index in [0.717, 1.165) is 61.5 Å². The molecule has 6 rings (SSSR count). The molecule has 0 atom stereocenters. The molecule has 236 valence electrons. The second kappa shape index (κ2) is 13.0. The lowest BCUT2D eigenvalue weighted by Gasteiger charge is -2.27. The molecule has 1 N–H and O–H groups in total. The number of anilines is 1. The Morgan fingerprint density at radius 2 is 1.71 bits per heavy atom. The van der Waals surface area contributed by atoms with Crippen LogP contribution in [0.25, 0.3) is 22.2 Å². The fourth-order valence-corrected chi connectivity index (χ4v) is 7.01. The van der Waals surface area contributed by atoms with Crippen molar-refractivity contribution >= 4 is 28.5 Å². The van der Waals surface area contributed by atoms with Crippen LogP contribution in [0.5, 0.6) is 5.75 Å². The smallest absolute Gasteiger partial charge is 0.335 e. The maximum Gasteiger partial charge on any atom is 0.335 e. The number of carbonyl (C=O) groups excluding carboxylic acids is 1. The molecule has 0 spiro atoms. The summed E-state index contributed by atoms with van der Waals surface area (Å²) in [4.78, 5) is 30.8. The monoisotopic (exact) mass is 608 g/mol. The second-order valence-electron chi connectivity index (χ2n) is 12.9. The van der Waals surface area contributed by atoms with Crippen molar-refractivity contribution in [2.24, 2.45) is 0 Å². The first kappa shape index (κ1) is 30.7. The molecule has 2 aliphatic rings. The largest absolute Gasteiger partial charge is 0.489 e. The Hall–Kier alpha value is -4.30. The third-order valence-electron chi connectivity index (χ3n) is 9.33. The standard InChI is InChI=1S/C37H44N4O4/c1-38(2)17-18-40-19-20-41-33-22-28(37(43)44)13-15-30(33)34(26-10-6-5-7-11-26)35(41)31-16-14-29(23-32(31)40)45-24-25-9-8-12-27(21-25)36(42)39(3)4/h8-9,12-16,21-23,26H,5-7,10-11,17-20,24H2,1-4H3,(H,43,44). The molecule has 1 fully saturated rings. The lowest BCUT2D eigenvalue weighted by Crippen LogP contribution is -2.33. The number of nitrogens with zero attached hydrogens (tertiary/aromatic N) is 4. The van der Waals surface area contributed by atoms with E-state index < -0.39 is 5.97 Å². The summed E-state index contributed by atoms with van der Waals surface area (Å²) in [5, 5.41) is 11.0. The maximum atomic E-state index is 12.5. The van der Waals surface area contributed by atoms with Gasteiger partial charge in [-0.15, -0.1) is 0 Å².